The summed E-state index contributed by atoms with van der Waals surface area (Å²) in [5.74, 6) is -1.93. The van der Waals surface area contributed by atoms with Gasteiger partial charge < -0.3 is 9.87 Å². The van der Waals surface area contributed by atoms with E-state index in [4.69, 9.17) is 11.6 Å². The van der Waals surface area contributed by atoms with E-state index in [0.717, 1.165) is 24.2 Å². The number of piperidine rings is 1. The average molecular weight is 484 g/mol. The van der Waals surface area contributed by atoms with E-state index in [2.05, 4.69) is 10.3 Å². The summed E-state index contributed by atoms with van der Waals surface area (Å²) in [6.07, 6.45) is 3.70. The Balaban J connectivity index is 1.94. The van der Waals surface area contributed by atoms with Gasteiger partial charge in [0, 0.05) is 47.3 Å². The van der Waals surface area contributed by atoms with Gasteiger partial charge in [-0.15, -0.1) is 4.31 Å². The Morgan fingerprint density at radius 2 is 1.91 bits per heavy atom. The summed E-state index contributed by atoms with van der Waals surface area (Å²) >= 11 is 4.86. The van der Waals surface area contributed by atoms with E-state index in [9.17, 15) is 18.1 Å². The van der Waals surface area contributed by atoms with Crippen molar-refractivity contribution in [2.45, 2.75) is 51.0 Å². The van der Waals surface area contributed by atoms with Crippen LogP contribution in [0.15, 0.2) is 36.5 Å². The summed E-state index contributed by atoms with van der Waals surface area (Å²) in [4.78, 5) is 17.6. The fraction of sp³-hybridized carbons (Fsp3) is 0.478. The van der Waals surface area contributed by atoms with Gasteiger partial charge in [-0.1, -0.05) is 24.6 Å². The van der Waals surface area contributed by atoms with E-state index in [0.29, 0.717) is 31.7 Å². The zero-order valence-corrected chi connectivity index (χ0v) is 20.0. The van der Waals surface area contributed by atoms with Gasteiger partial charge in [0.15, 0.2) is 0 Å². The molecule has 0 radical (unpaired) electrons. The average Bonchev–Trinajstić information content (AvgIpc) is 2.77. The first-order valence-electron chi connectivity index (χ1n) is 10.6. The molecule has 1 fully saturated rings. The number of carbonyl (C=O) groups is 1. The molecule has 3 rings (SSSR count). The van der Waals surface area contributed by atoms with Gasteiger partial charge in [-0.25, -0.2) is 8.78 Å². The van der Waals surface area contributed by atoms with Crippen molar-refractivity contribution >= 4 is 28.9 Å². The molecular weight excluding hydrogens is 456 g/mol. The molecule has 1 atom stereocenters. The summed E-state index contributed by atoms with van der Waals surface area (Å²) in [6, 6.07) is 7.38. The third-order valence-electron chi connectivity index (χ3n) is 6.29. The van der Waals surface area contributed by atoms with Crippen LogP contribution in [0.4, 0.5) is 8.78 Å². The van der Waals surface area contributed by atoms with E-state index in [1.54, 1.807) is 6.20 Å². The number of carbonyl (C=O) groups excluding carboxylic acids is 1. The number of halogens is 3. The maximum atomic E-state index is 14.4. The fourth-order valence-electron chi connectivity index (χ4n) is 4.42. The van der Waals surface area contributed by atoms with Crippen LogP contribution in [-0.2, 0) is 16.8 Å². The summed E-state index contributed by atoms with van der Waals surface area (Å²) in [7, 11) is 0. The molecule has 5 nitrogen and oxygen atoms in total. The summed E-state index contributed by atoms with van der Waals surface area (Å²) in [5, 5.41) is 2.35. The van der Waals surface area contributed by atoms with Crippen molar-refractivity contribution in [3.05, 3.63) is 64.4 Å². The Labute approximate surface area is 195 Å². The molecule has 1 saturated heterocycles. The third kappa shape index (κ3) is 4.78. The summed E-state index contributed by atoms with van der Waals surface area (Å²) in [5.41, 5.74) is -1.22. The molecule has 174 valence electrons. The Morgan fingerprint density at radius 1 is 1.25 bits per heavy atom. The number of hydrogen-bond donors (Lipinski definition) is 1. The van der Waals surface area contributed by atoms with Crippen molar-refractivity contribution in [1.29, 1.82) is 0 Å². The molecule has 0 bridgehead atoms. The zero-order chi connectivity index (χ0) is 23.5. The SMILES string of the molecule is CCC[S+]([O-])N1CCC(c2ccccn2)(C(C)(C)NC(=O)c2c(F)ccc(F)c2Cl)CC1. The number of aromatic nitrogens is 1. The van der Waals surface area contributed by atoms with Crippen LogP contribution >= 0.6 is 11.6 Å². The number of rotatable bonds is 7. The van der Waals surface area contributed by atoms with Crippen molar-refractivity contribution in [1.82, 2.24) is 14.6 Å². The highest BCUT2D eigenvalue weighted by Crippen LogP contribution is 2.44. The minimum Gasteiger partial charge on any atom is -0.598 e. The maximum Gasteiger partial charge on any atom is 0.256 e. The Bertz CT molecular complexity index is 954. The second kappa shape index (κ2) is 10.0. The van der Waals surface area contributed by atoms with Gasteiger partial charge in [0.25, 0.3) is 5.91 Å². The second-order valence-electron chi connectivity index (χ2n) is 8.55. The molecule has 1 N–H and O–H groups in total. The molecule has 0 spiro atoms. The molecule has 1 amide bonds. The standard InChI is InChI=1S/C23H28ClF2N3O2S/c1-4-15-32(31)29-13-10-23(11-14-29,18-7-5-6-12-27-18)22(2,3)28-21(30)19-16(25)8-9-17(26)20(19)24/h5-9,12H,4,10-11,13-15H2,1-3H3,(H,28,30). The lowest BCUT2D eigenvalue weighted by atomic mass is 9.63. The predicted molar refractivity (Wildman–Crippen MR) is 123 cm³/mol. The number of pyridine rings is 1. The van der Waals surface area contributed by atoms with Gasteiger partial charge in [-0.3, -0.25) is 9.78 Å². The Morgan fingerprint density at radius 3 is 2.50 bits per heavy atom. The maximum absolute atomic E-state index is 14.4. The monoisotopic (exact) mass is 483 g/mol. The lowest BCUT2D eigenvalue weighted by Gasteiger charge is -2.50. The van der Waals surface area contributed by atoms with Gasteiger partial charge in [0.2, 0.25) is 0 Å². The molecule has 0 saturated carbocycles. The van der Waals surface area contributed by atoms with Crippen LogP contribution in [0.1, 0.15) is 56.1 Å². The molecule has 2 aromatic rings. The molecule has 9 heteroatoms. The van der Waals surface area contributed by atoms with Gasteiger partial charge in [-0.2, -0.15) is 0 Å². The molecular formula is C23H28ClF2N3O2S. The lowest BCUT2D eigenvalue weighted by molar-refractivity contribution is 0.0767. The van der Waals surface area contributed by atoms with E-state index >= 15 is 0 Å². The molecule has 1 aromatic heterocycles. The van der Waals surface area contributed by atoms with E-state index in [1.165, 1.54) is 0 Å². The number of hydrogen-bond acceptors (Lipinski definition) is 4. The minimum absolute atomic E-state index is 0.516. The molecule has 1 aliphatic rings. The first kappa shape index (κ1) is 24.9. The molecule has 1 unspecified atom stereocenters. The van der Waals surface area contributed by atoms with E-state index < -0.39 is 50.4 Å². The van der Waals surface area contributed by atoms with Crippen molar-refractivity contribution < 1.29 is 18.1 Å². The number of benzene rings is 1. The van der Waals surface area contributed by atoms with Crippen molar-refractivity contribution in [2.24, 2.45) is 0 Å². The molecule has 32 heavy (non-hydrogen) atoms. The summed E-state index contributed by atoms with van der Waals surface area (Å²) in [6.45, 7) is 6.83. The molecule has 2 heterocycles. The largest absolute Gasteiger partial charge is 0.598 e. The van der Waals surface area contributed by atoms with Crippen molar-refractivity contribution in [2.75, 3.05) is 18.8 Å². The van der Waals surface area contributed by atoms with E-state index in [-0.39, 0.29) is 0 Å². The van der Waals surface area contributed by atoms with Gasteiger partial charge in [0.1, 0.15) is 17.4 Å². The smallest absolute Gasteiger partial charge is 0.256 e. The second-order valence-corrected chi connectivity index (χ2v) is 10.5. The predicted octanol–water partition coefficient (Wildman–Crippen LogP) is 4.63. The Kier molecular flexibility index (Phi) is 7.81. The van der Waals surface area contributed by atoms with Crippen LogP contribution < -0.4 is 5.32 Å². The van der Waals surface area contributed by atoms with Crippen molar-refractivity contribution in [3.8, 4) is 0 Å². The normalized spacial score (nSPS) is 17.7. The van der Waals surface area contributed by atoms with Gasteiger partial charge in [-0.05, 0) is 57.4 Å². The van der Waals surface area contributed by atoms with Gasteiger partial charge in [0.05, 0.1) is 10.6 Å². The topological polar surface area (TPSA) is 68.3 Å². The Hall–Kier alpha value is -1.74. The van der Waals surface area contributed by atoms with Crippen LogP contribution in [0.3, 0.4) is 0 Å². The molecule has 0 aliphatic carbocycles. The van der Waals surface area contributed by atoms with Crippen LogP contribution in [0.2, 0.25) is 5.02 Å². The highest BCUT2D eigenvalue weighted by molar-refractivity contribution is 7.89. The molecule has 1 aromatic carbocycles. The third-order valence-corrected chi connectivity index (χ3v) is 8.36. The van der Waals surface area contributed by atoms with Crippen LogP contribution in [0, 0.1) is 11.6 Å². The zero-order valence-electron chi connectivity index (χ0n) is 18.5. The number of amides is 1. The van der Waals surface area contributed by atoms with Crippen molar-refractivity contribution in [3.63, 3.8) is 0 Å². The van der Waals surface area contributed by atoms with E-state index in [1.807, 2.05) is 43.3 Å². The van der Waals surface area contributed by atoms with Crippen LogP contribution in [0.25, 0.3) is 0 Å². The first-order chi connectivity index (χ1) is 15.1. The highest BCUT2D eigenvalue weighted by atomic mass is 35.5. The number of nitrogens with one attached hydrogen (secondary N) is 1. The minimum atomic E-state index is -1.06. The summed E-state index contributed by atoms with van der Waals surface area (Å²) < 4.78 is 42.7. The van der Waals surface area contributed by atoms with Crippen LogP contribution in [-0.4, -0.2) is 44.1 Å². The van der Waals surface area contributed by atoms with Gasteiger partial charge >= 0.3 is 0 Å². The fourth-order valence-corrected chi connectivity index (χ4v) is 5.86. The molecule has 1 aliphatic heterocycles. The first-order valence-corrected chi connectivity index (χ1v) is 12.3. The lowest BCUT2D eigenvalue weighted by Crippen LogP contribution is -2.63. The number of nitrogens with zero attached hydrogens (tertiary/aromatic N) is 2. The quantitative estimate of drug-likeness (QED) is 0.460. The van der Waals surface area contributed by atoms with Crippen LogP contribution in [0.5, 0.6) is 0 Å². The highest BCUT2D eigenvalue weighted by Gasteiger charge is 2.51.